The number of rotatable bonds is 2. The first-order valence-electron chi connectivity index (χ1n) is 11.5. The predicted octanol–water partition coefficient (Wildman–Crippen LogP) is 2.90. The number of aromatic nitrogens is 3. The van der Waals surface area contributed by atoms with Crippen LogP contribution >= 0.6 is 0 Å². The third kappa shape index (κ3) is 4.76. The molecule has 0 radical (unpaired) electrons. The average Bonchev–Trinajstić information content (AvgIpc) is 3.40. The number of nitrogens with zero attached hydrogens (tertiary/aromatic N) is 5. The molecule has 11 heteroatoms. The smallest absolute Gasteiger partial charge is 0.327 e. The number of carbonyl (C=O) groups is 2. The summed E-state index contributed by atoms with van der Waals surface area (Å²) in [6, 6.07) is 4.06. The fourth-order valence-corrected chi connectivity index (χ4v) is 4.99. The van der Waals surface area contributed by atoms with E-state index in [1.54, 1.807) is 35.8 Å². The van der Waals surface area contributed by atoms with Crippen molar-refractivity contribution in [1.29, 1.82) is 0 Å². The van der Waals surface area contributed by atoms with E-state index >= 15 is 0 Å². The Labute approximate surface area is 202 Å². The summed E-state index contributed by atoms with van der Waals surface area (Å²) in [6.07, 6.45) is 4.29. The molecular weight excluding hydrogens is 453 g/mol. The fourth-order valence-electron chi connectivity index (χ4n) is 4.99. The zero-order chi connectivity index (χ0) is 25.3. The normalized spacial score (nSPS) is 19.2. The van der Waals surface area contributed by atoms with Crippen LogP contribution in [-0.2, 0) is 18.3 Å². The SMILES string of the molecule is Cc1c(F)c(NC(=O)N2CCc3c(N4C[C@@H](C)N[C@@H](C)C4)ccnc32)cc2cn(C)nc12.O=CO. The Balaban J connectivity index is 0.000000917. The van der Waals surface area contributed by atoms with Gasteiger partial charge in [0.25, 0.3) is 6.47 Å². The van der Waals surface area contributed by atoms with E-state index in [-0.39, 0.29) is 18.2 Å². The number of nitrogens with one attached hydrogen (secondary N) is 2. The molecule has 0 unspecified atom stereocenters. The summed E-state index contributed by atoms with van der Waals surface area (Å²) in [6.45, 7) is 8.11. The quantitative estimate of drug-likeness (QED) is 0.480. The van der Waals surface area contributed by atoms with Crippen LogP contribution in [-0.4, -0.2) is 64.1 Å². The van der Waals surface area contributed by atoms with Gasteiger partial charge in [0.05, 0.1) is 11.2 Å². The molecule has 4 heterocycles. The summed E-state index contributed by atoms with van der Waals surface area (Å²) in [5.74, 6) is 0.188. The summed E-state index contributed by atoms with van der Waals surface area (Å²) in [7, 11) is 1.79. The minimum atomic E-state index is -0.463. The molecule has 1 fully saturated rings. The first kappa shape index (κ1) is 24.4. The van der Waals surface area contributed by atoms with Crippen LogP contribution in [0.3, 0.4) is 0 Å². The molecule has 10 nitrogen and oxygen atoms in total. The topological polar surface area (TPSA) is 116 Å². The van der Waals surface area contributed by atoms with Gasteiger partial charge in [-0.15, -0.1) is 0 Å². The van der Waals surface area contributed by atoms with Crippen LogP contribution in [0.4, 0.5) is 26.4 Å². The lowest BCUT2D eigenvalue weighted by atomic mass is 10.1. The highest BCUT2D eigenvalue weighted by Crippen LogP contribution is 2.35. The molecule has 2 amide bonds. The van der Waals surface area contributed by atoms with E-state index in [4.69, 9.17) is 9.90 Å². The Morgan fingerprint density at radius 1 is 1.31 bits per heavy atom. The van der Waals surface area contributed by atoms with Gasteiger partial charge in [0.15, 0.2) is 5.82 Å². The molecule has 0 aliphatic carbocycles. The van der Waals surface area contributed by atoms with Gasteiger partial charge in [-0.3, -0.25) is 14.4 Å². The maximum Gasteiger partial charge on any atom is 0.327 e. The van der Waals surface area contributed by atoms with Gasteiger partial charge in [-0.25, -0.2) is 14.2 Å². The van der Waals surface area contributed by atoms with E-state index in [1.165, 1.54) is 0 Å². The number of pyridine rings is 1. The van der Waals surface area contributed by atoms with Crippen LogP contribution in [0.1, 0.15) is 25.0 Å². The van der Waals surface area contributed by atoms with E-state index in [2.05, 4.69) is 39.5 Å². The number of carboxylic acid groups (broad SMARTS) is 1. The van der Waals surface area contributed by atoms with E-state index in [0.29, 0.717) is 35.5 Å². The molecule has 1 aromatic carbocycles. The van der Waals surface area contributed by atoms with E-state index < -0.39 is 5.82 Å². The molecule has 2 aromatic heterocycles. The summed E-state index contributed by atoms with van der Waals surface area (Å²) < 4.78 is 16.6. The fraction of sp³-hybridized carbons (Fsp3) is 0.417. The molecule has 5 rings (SSSR count). The third-order valence-electron chi connectivity index (χ3n) is 6.31. The van der Waals surface area contributed by atoms with Crippen molar-refractivity contribution < 1.29 is 19.1 Å². The van der Waals surface area contributed by atoms with Crippen molar-refractivity contribution in [3.63, 3.8) is 0 Å². The number of hydrogen-bond donors (Lipinski definition) is 3. The third-order valence-corrected chi connectivity index (χ3v) is 6.31. The molecule has 2 atom stereocenters. The summed E-state index contributed by atoms with van der Waals surface area (Å²) in [5, 5.41) is 18.3. The summed E-state index contributed by atoms with van der Waals surface area (Å²) in [5.41, 5.74) is 3.37. The number of fused-ring (bicyclic) bond motifs is 2. The highest BCUT2D eigenvalue weighted by atomic mass is 19.1. The lowest BCUT2D eigenvalue weighted by Gasteiger charge is -2.38. The Morgan fingerprint density at radius 2 is 2.00 bits per heavy atom. The molecule has 186 valence electrons. The summed E-state index contributed by atoms with van der Waals surface area (Å²) in [4.78, 5) is 30.0. The van der Waals surface area contributed by atoms with Gasteiger partial charge in [0, 0.05) is 73.4 Å². The second-order valence-electron chi connectivity index (χ2n) is 9.05. The molecule has 2 aliphatic rings. The standard InChI is InChI=1S/C23H28FN7O.CH2O2/c1-13-10-30(11-14(2)26-13)19-5-7-25-22-17(19)6-8-31(22)23(32)27-18-9-16-12-29(4)28-21(16)15(3)20(18)24;2-1-3/h5,7,9,12-14,26H,6,8,10-11H2,1-4H3,(H,27,32);1H,(H,2,3)/t13-,14+;. The Morgan fingerprint density at radius 3 is 2.69 bits per heavy atom. The zero-order valence-electron chi connectivity index (χ0n) is 20.2. The van der Waals surface area contributed by atoms with Crippen LogP contribution < -0.4 is 20.4 Å². The molecule has 0 saturated carbocycles. The molecule has 1 saturated heterocycles. The monoisotopic (exact) mass is 483 g/mol. The zero-order valence-corrected chi connectivity index (χ0v) is 20.2. The van der Waals surface area contributed by atoms with Crippen LogP contribution in [0.2, 0.25) is 0 Å². The van der Waals surface area contributed by atoms with Gasteiger partial charge < -0.3 is 20.6 Å². The number of amides is 2. The molecule has 2 aliphatic heterocycles. The number of anilines is 3. The minimum Gasteiger partial charge on any atom is -0.483 e. The van der Waals surface area contributed by atoms with Gasteiger partial charge >= 0.3 is 6.03 Å². The summed E-state index contributed by atoms with van der Waals surface area (Å²) >= 11 is 0. The van der Waals surface area contributed by atoms with Crippen molar-refractivity contribution in [1.82, 2.24) is 20.1 Å². The van der Waals surface area contributed by atoms with Gasteiger partial charge in [0.1, 0.15) is 5.82 Å². The number of carbonyl (C=O) groups excluding carboxylic acids is 1. The second kappa shape index (κ2) is 9.87. The number of urea groups is 1. The highest BCUT2D eigenvalue weighted by Gasteiger charge is 2.32. The molecule has 35 heavy (non-hydrogen) atoms. The van der Waals surface area contributed by atoms with Crippen LogP contribution in [0.25, 0.3) is 10.9 Å². The Hall–Kier alpha value is -3.73. The Bertz CT molecular complexity index is 1250. The molecule has 0 spiro atoms. The van der Waals surface area contributed by atoms with Crippen LogP contribution in [0.5, 0.6) is 0 Å². The van der Waals surface area contributed by atoms with Crippen molar-refractivity contribution in [2.24, 2.45) is 7.05 Å². The van der Waals surface area contributed by atoms with Crippen molar-refractivity contribution in [2.45, 2.75) is 39.3 Å². The molecule has 0 bridgehead atoms. The maximum atomic E-state index is 15.0. The molecular formula is C24H30FN7O3. The second-order valence-corrected chi connectivity index (χ2v) is 9.05. The Kier molecular flexibility index (Phi) is 6.88. The highest BCUT2D eigenvalue weighted by molar-refractivity contribution is 6.04. The maximum absolute atomic E-state index is 15.0. The van der Waals surface area contributed by atoms with Gasteiger partial charge in [0.2, 0.25) is 0 Å². The van der Waals surface area contributed by atoms with Gasteiger partial charge in [-0.2, -0.15) is 5.10 Å². The van der Waals surface area contributed by atoms with E-state index in [0.717, 1.165) is 36.1 Å². The average molecular weight is 484 g/mol. The van der Waals surface area contributed by atoms with Crippen molar-refractivity contribution in [2.75, 3.05) is 34.8 Å². The van der Waals surface area contributed by atoms with Crippen molar-refractivity contribution >= 4 is 40.6 Å². The number of piperazine rings is 1. The number of halogens is 1. The largest absolute Gasteiger partial charge is 0.483 e. The van der Waals surface area contributed by atoms with E-state index in [9.17, 15) is 9.18 Å². The number of benzene rings is 1. The molecule has 3 N–H and O–H groups in total. The van der Waals surface area contributed by atoms with E-state index in [1.807, 2.05) is 12.3 Å². The molecule has 3 aromatic rings. The van der Waals surface area contributed by atoms with Crippen molar-refractivity contribution in [3.05, 3.63) is 41.5 Å². The van der Waals surface area contributed by atoms with Crippen molar-refractivity contribution in [3.8, 4) is 0 Å². The first-order valence-corrected chi connectivity index (χ1v) is 11.5. The van der Waals surface area contributed by atoms with Crippen LogP contribution in [0.15, 0.2) is 24.5 Å². The van der Waals surface area contributed by atoms with Crippen LogP contribution in [0, 0.1) is 12.7 Å². The van der Waals surface area contributed by atoms with Gasteiger partial charge in [-0.05, 0) is 39.3 Å². The number of hydrogen-bond acceptors (Lipinski definition) is 6. The lowest BCUT2D eigenvalue weighted by molar-refractivity contribution is -0.122. The minimum absolute atomic E-state index is 0.155. The first-order chi connectivity index (χ1) is 16.7. The van der Waals surface area contributed by atoms with Gasteiger partial charge in [-0.1, -0.05) is 0 Å². The predicted molar refractivity (Wildman–Crippen MR) is 133 cm³/mol. The number of aryl methyl sites for hydroxylation is 2. The lowest BCUT2D eigenvalue weighted by Crippen LogP contribution is -2.54.